The molecule has 2 aliphatic rings. The fourth-order valence-electron chi connectivity index (χ4n) is 2.26. The lowest BCUT2D eigenvalue weighted by molar-refractivity contribution is 0.705. The molecule has 2 atom stereocenters. The van der Waals surface area contributed by atoms with E-state index in [1.54, 1.807) is 4.91 Å². The Bertz CT molecular complexity index is 183. The summed E-state index contributed by atoms with van der Waals surface area (Å²) < 4.78 is 0. The summed E-state index contributed by atoms with van der Waals surface area (Å²) >= 11 is 2.18. The standard InChI is InChI=1S/C11H18S/c1-2-3-6-10-8-9-5-4-7-11(9)12-10/h8-9,11H,2-7H2,1H3. The maximum absolute atomic E-state index is 2.57. The molecule has 0 aromatic heterocycles. The largest absolute Gasteiger partial charge is 0.127 e. The third kappa shape index (κ3) is 1.71. The fraction of sp³-hybridized carbons (Fsp3) is 0.818. The zero-order valence-corrected chi connectivity index (χ0v) is 8.70. The Kier molecular flexibility index (Phi) is 2.80. The van der Waals surface area contributed by atoms with Gasteiger partial charge in [0.1, 0.15) is 0 Å². The highest BCUT2D eigenvalue weighted by Gasteiger charge is 2.31. The van der Waals surface area contributed by atoms with E-state index in [2.05, 4.69) is 24.8 Å². The summed E-state index contributed by atoms with van der Waals surface area (Å²) in [5, 5.41) is 0.983. The number of unbranched alkanes of at least 4 members (excludes halogenated alkanes) is 1. The van der Waals surface area contributed by atoms with Gasteiger partial charge in [-0.1, -0.05) is 25.8 Å². The van der Waals surface area contributed by atoms with E-state index in [0.717, 1.165) is 11.2 Å². The van der Waals surface area contributed by atoms with Crippen LogP contribution >= 0.6 is 11.8 Å². The van der Waals surface area contributed by atoms with E-state index in [0.29, 0.717) is 0 Å². The maximum atomic E-state index is 2.57. The quantitative estimate of drug-likeness (QED) is 0.636. The monoisotopic (exact) mass is 182 g/mol. The summed E-state index contributed by atoms with van der Waals surface area (Å²) in [6, 6.07) is 0. The molecular formula is C11H18S. The van der Waals surface area contributed by atoms with Crippen molar-refractivity contribution in [3.8, 4) is 0 Å². The van der Waals surface area contributed by atoms with Crippen LogP contribution in [0.4, 0.5) is 0 Å². The van der Waals surface area contributed by atoms with Gasteiger partial charge in [0, 0.05) is 5.25 Å². The lowest BCUT2D eigenvalue weighted by Gasteiger charge is -2.06. The van der Waals surface area contributed by atoms with Crippen molar-refractivity contribution >= 4 is 11.8 Å². The zero-order valence-electron chi connectivity index (χ0n) is 7.88. The van der Waals surface area contributed by atoms with Crippen molar-refractivity contribution in [1.29, 1.82) is 0 Å². The lowest BCUT2D eigenvalue weighted by atomic mass is 10.1. The summed E-state index contributed by atoms with van der Waals surface area (Å²) in [7, 11) is 0. The third-order valence-electron chi connectivity index (χ3n) is 2.98. The number of hydrogen-bond acceptors (Lipinski definition) is 1. The number of hydrogen-bond donors (Lipinski definition) is 0. The molecule has 0 aromatic carbocycles. The van der Waals surface area contributed by atoms with Gasteiger partial charge in [-0.3, -0.25) is 0 Å². The second kappa shape index (κ2) is 3.87. The summed E-state index contributed by atoms with van der Waals surface area (Å²) in [5.74, 6) is 0.960. The zero-order chi connectivity index (χ0) is 8.39. The molecule has 1 aliphatic heterocycles. The number of rotatable bonds is 3. The second-order valence-corrected chi connectivity index (χ2v) is 5.35. The summed E-state index contributed by atoms with van der Waals surface area (Å²) in [4.78, 5) is 1.70. The minimum absolute atomic E-state index is 0.960. The highest BCUT2D eigenvalue weighted by molar-refractivity contribution is 8.03. The van der Waals surface area contributed by atoms with Crippen LogP contribution in [0, 0.1) is 5.92 Å². The average Bonchev–Trinajstić information content (AvgIpc) is 2.58. The first kappa shape index (κ1) is 8.68. The van der Waals surface area contributed by atoms with E-state index >= 15 is 0 Å². The Labute approximate surface area is 79.8 Å². The lowest BCUT2D eigenvalue weighted by Crippen LogP contribution is -2.00. The van der Waals surface area contributed by atoms with E-state index in [-0.39, 0.29) is 0 Å². The van der Waals surface area contributed by atoms with Gasteiger partial charge in [0.15, 0.2) is 0 Å². The first-order valence-electron chi connectivity index (χ1n) is 5.27. The van der Waals surface area contributed by atoms with Gasteiger partial charge in [0.05, 0.1) is 0 Å². The van der Waals surface area contributed by atoms with Crippen LogP contribution in [0.5, 0.6) is 0 Å². The Balaban J connectivity index is 1.85. The predicted octanol–water partition coefficient (Wildman–Crippen LogP) is 3.98. The van der Waals surface area contributed by atoms with Crippen LogP contribution in [0.15, 0.2) is 11.0 Å². The van der Waals surface area contributed by atoms with Crippen molar-refractivity contribution in [1.82, 2.24) is 0 Å². The summed E-state index contributed by atoms with van der Waals surface area (Å²) in [6.07, 6.45) is 11.1. The molecule has 1 heteroatoms. The van der Waals surface area contributed by atoms with Crippen LogP contribution in [-0.2, 0) is 0 Å². The molecule has 68 valence electrons. The summed E-state index contributed by atoms with van der Waals surface area (Å²) in [6.45, 7) is 2.28. The van der Waals surface area contributed by atoms with Gasteiger partial charge in [-0.2, -0.15) is 0 Å². The fourth-order valence-corrected chi connectivity index (χ4v) is 3.84. The average molecular weight is 182 g/mol. The van der Waals surface area contributed by atoms with E-state index in [1.165, 1.54) is 38.5 Å². The van der Waals surface area contributed by atoms with E-state index < -0.39 is 0 Å². The van der Waals surface area contributed by atoms with Crippen molar-refractivity contribution in [2.45, 2.75) is 50.7 Å². The molecule has 0 nitrogen and oxygen atoms in total. The molecule has 1 saturated carbocycles. The minimum atomic E-state index is 0.960. The maximum Gasteiger partial charge on any atom is 0.0154 e. The highest BCUT2D eigenvalue weighted by Crippen LogP contribution is 2.47. The van der Waals surface area contributed by atoms with Crippen LogP contribution < -0.4 is 0 Å². The van der Waals surface area contributed by atoms with E-state index in [1.807, 2.05) is 0 Å². The van der Waals surface area contributed by atoms with Crippen molar-refractivity contribution in [2.24, 2.45) is 5.92 Å². The van der Waals surface area contributed by atoms with Crippen molar-refractivity contribution in [3.63, 3.8) is 0 Å². The van der Waals surface area contributed by atoms with Crippen molar-refractivity contribution in [2.75, 3.05) is 0 Å². The molecule has 1 aliphatic carbocycles. The molecule has 0 saturated heterocycles. The van der Waals surface area contributed by atoms with Gasteiger partial charge in [-0.25, -0.2) is 0 Å². The van der Waals surface area contributed by atoms with E-state index in [4.69, 9.17) is 0 Å². The molecule has 0 aromatic rings. The number of allylic oxidation sites excluding steroid dienone is 2. The molecule has 0 radical (unpaired) electrons. The molecule has 0 spiro atoms. The van der Waals surface area contributed by atoms with Gasteiger partial charge in [0.2, 0.25) is 0 Å². The SMILES string of the molecule is CCCCC1=CC2CCCC2S1. The smallest absolute Gasteiger partial charge is 0.0154 e. The number of thioether (sulfide) groups is 1. The van der Waals surface area contributed by atoms with Crippen LogP contribution in [0.2, 0.25) is 0 Å². The van der Waals surface area contributed by atoms with Crippen LogP contribution in [0.1, 0.15) is 45.4 Å². The topological polar surface area (TPSA) is 0 Å². The van der Waals surface area contributed by atoms with Crippen molar-refractivity contribution < 1.29 is 0 Å². The first-order valence-corrected chi connectivity index (χ1v) is 6.15. The molecule has 12 heavy (non-hydrogen) atoms. The van der Waals surface area contributed by atoms with Crippen LogP contribution in [-0.4, -0.2) is 5.25 Å². The second-order valence-electron chi connectivity index (χ2n) is 3.99. The molecular weight excluding hydrogens is 164 g/mol. The van der Waals surface area contributed by atoms with Gasteiger partial charge >= 0.3 is 0 Å². The Morgan fingerprint density at radius 2 is 2.42 bits per heavy atom. The minimum Gasteiger partial charge on any atom is -0.127 e. The Morgan fingerprint density at radius 3 is 3.17 bits per heavy atom. The summed E-state index contributed by atoms with van der Waals surface area (Å²) in [5.41, 5.74) is 0. The molecule has 2 rings (SSSR count). The van der Waals surface area contributed by atoms with E-state index in [9.17, 15) is 0 Å². The molecule has 0 amide bonds. The number of fused-ring (bicyclic) bond motifs is 1. The molecule has 1 fully saturated rings. The van der Waals surface area contributed by atoms with Gasteiger partial charge in [-0.15, -0.1) is 11.8 Å². The predicted molar refractivity (Wildman–Crippen MR) is 56.3 cm³/mol. The molecule has 1 heterocycles. The van der Waals surface area contributed by atoms with Crippen molar-refractivity contribution in [3.05, 3.63) is 11.0 Å². The van der Waals surface area contributed by atoms with Gasteiger partial charge in [-0.05, 0) is 36.5 Å². The Morgan fingerprint density at radius 1 is 1.50 bits per heavy atom. The Hall–Kier alpha value is 0.0900. The molecule has 2 unspecified atom stereocenters. The first-order chi connectivity index (χ1) is 5.90. The van der Waals surface area contributed by atoms with Crippen LogP contribution in [0.3, 0.4) is 0 Å². The normalized spacial score (nSPS) is 33.6. The van der Waals surface area contributed by atoms with Crippen LogP contribution in [0.25, 0.3) is 0 Å². The molecule has 0 N–H and O–H groups in total. The van der Waals surface area contributed by atoms with Gasteiger partial charge in [0.25, 0.3) is 0 Å². The van der Waals surface area contributed by atoms with Gasteiger partial charge < -0.3 is 0 Å². The third-order valence-corrected chi connectivity index (χ3v) is 4.51. The molecule has 0 bridgehead atoms. The highest BCUT2D eigenvalue weighted by atomic mass is 32.2.